The van der Waals surface area contributed by atoms with Gasteiger partial charge >= 0.3 is 0 Å². The molecule has 118 valence electrons. The lowest BCUT2D eigenvalue weighted by molar-refractivity contribution is 0.0786. The predicted molar refractivity (Wildman–Crippen MR) is 90.0 cm³/mol. The van der Waals surface area contributed by atoms with Crippen LogP contribution in [0.2, 0.25) is 0 Å². The molecule has 21 heavy (non-hydrogen) atoms. The first-order valence-electron chi connectivity index (χ1n) is 7.44. The highest BCUT2D eigenvalue weighted by atomic mass is 35.5. The molecule has 0 spiro atoms. The summed E-state index contributed by atoms with van der Waals surface area (Å²) in [5, 5.41) is 0. The van der Waals surface area contributed by atoms with E-state index in [9.17, 15) is 4.79 Å². The maximum absolute atomic E-state index is 12.5. The van der Waals surface area contributed by atoms with Crippen molar-refractivity contribution in [3.63, 3.8) is 0 Å². The van der Waals surface area contributed by atoms with Crippen LogP contribution in [-0.2, 0) is 5.41 Å². The van der Waals surface area contributed by atoms with Gasteiger partial charge in [-0.25, -0.2) is 0 Å². The molecule has 2 rings (SSSR count). The first-order valence-corrected chi connectivity index (χ1v) is 7.44. The lowest BCUT2D eigenvalue weighted by Gasteiger charge is -2.21. The molecule has 1 aliphatic rings. The minimum atomic E-state index is 0. The van der Waals surface area contributed by atoms with Gasteiger partial charge in [-0.05, 0) is 42.4 Å². The van der Waals surface area contributed by atoms with E-state index in [0.29, 0.717) is 5.92 Å². The van der Waals surface area contributed by atoms with Crippen LogP contribution in [0.1, 0.15) is 50.0 Å². The van der Waals surface area contributed by atoms with Gasteiger partial charge in [-0.1, -0.05) is 32.9 Å². The molecule has 1 amide bonds. The molecule has 1 aromatic carbocycles. The van der Waals surface area contributed by atoms with Gasteiger partial charge in [0.2, 0.25) is 0 Å². The van der Waals surface area contributed by atoms with Gasteiger partial charge in [0.1, 0.15) is 0 Å². The lowest BCUT2D eigenvalue weighted by atomic mass is 9.86. The molecule has 2 N–H and O–H groups in total. The number of rotatable bonds is 2. The summed E-state index contributed by atoms with van der Waals surface area (Å²) in [5.74, 6) is 0.571. The Labute approximate surface area is 134 Å². The van der Waals surface area contributed by atoms with Crippen LogP contribution in [0.4, 0.5) is 0 Å². The van der Waals surface area contributed by atoms with Gasteiger partial charge in [-0.3, -0.25) is 4.79 Å². The molecule has 0 aliphatic carbocycles. The van der Waals surface area contributed by atoms with Crippen LogP contribution in [0.3, 0.4) is 0 Å². The zero-order valence-corrected chi connectivity index (χ0v) is 14.2. The Morgan fingerprint density at radius 2 is 1.86 bits per heavy atom. The molecule has 1 saturated heterocycles. The number of hydrogen-bond donors (Lipinski definition) is 1. The molecule has 1 aromatic rings. The lowest BCUT2D eigenvalue weighted by Crippen LogP contribution is -2.33. The Bertz CT molecular complexity index is 477. The summed E-state index contributed by atoms with van der Waals surface area (Å²) in [6.45, 7) is 10.2. The molecule has 4 heteroatoms. The summed E-state index contributed by atoms with van der Waals surface area (Å²) >= 11 is 0. The Balaban J connectivity index is 0.00000220. The van der Waals surface area contributed by atoms with E-state index < -0.39 is 0 Å². The Kier molecular flexibility index (Phi) is 5.83. The van der Waals surface area contributed by atoms with Crippen LogP contribution >= 0.6 is 12.4 Å². The van der Waals surface area contributed by atoms with E-state index >= 15 is 0 Å². The van der Waals surface area contributed by atoms with E-state index in [1.807, 2.05) is 24.0 Å². The van der Waals surface area contributed by atoms with Gasteiger partial charge in [0.25, 0.3) is 5.91 Å². The second kappa shape index (κ2) is 6.80. The van der Waals surface area contributed by atoms with E-state index in [0.717, 1.165) is 25.1 Å². The Morgan fingerprint density at radius 3 is 2.29 bits per heavy atom. The standard InChI is InChI=1S/C17H26N2O.ClH/c1-12(18)14-9-10-19(11-14)16(20)13-5-7-15(8-6-13)17(2,3)4;/h5-8,12,14H,9-11,18H2,1-4H3;1H. The van der Waals surface area contributed by atoms with E-state index in [4.69, 9.17) is 5.73 Å². The van der Waals surface area contributed by atoms with Crippen molar-refractivity contribution in [3.8, 4) is 0 Å². The van der Waals surface area contributed by atoms with Gasteiger partial charge in [-0.2, -0.15) is 0 Å². The second-order valence-corrected chi connectivity index (χ2v) is 6.99. The molecule has 1 aliphatic heterocycles. The highest BCUT2D eigenvalue weighted by molar-refractivity contribution is 5.94. The summed E-state index contributed by atoms with van der Waals surface area (Å²) in [4.78, 5) is 14.4. The van der Waals surface area contributed by atoms with Crippen molar-refractivity contribution >= 4 is 18.3 Å². The summed E-state index contributed by atoms with van der Waals surface area (Å²) in [5.41, 5.74) is 8.08. The predicted octanol–water partition coefficient (Wildman–Crippen LogP) is 3.22. The summed E-state index contributed by atoms with van der Waals surface area (Å²) in [6.07, 6.45) is 1.02. The molecule has 3 nitrogen and oxygen atoms in total. The number of nitrogens with zero attached hydrogens (tertiary/aromatic N) is 1. The maximum atomic E-state index is 12.5. The first-order chi connectivity index (χ1) is 9.29. The normalized spacial score (nSPS) is 20.0. The summed E-state index contributed by atoms with van der Waals surface area (Å²) < 4.78 is 0. The average molecular weight is 311 g/mol. The van der Waals surface area contributed by atoms with Crippen molar-refractivity contribution in [3.05, 3.63) is 35.4 Å². The molecule has 0 bridgehead atoms. The molecule has 2 atom stereocenters. The van der Waals surface area contributed by atoms with Gasteiger partial charge in [0.15, 0.2) is 0 Å². The molecule has 0 radical (unpaired) electrons. The molecule has 0 aromatic heterocycles. The molecule has 1 heterocycles. The third-order valence-electron chi connectivity index (χ3n) is 4.25. The van der Waals surface area contributed by atoms with Crippen LogP contribution in [0.15, 0.2) is 24.3 Å². The summed E-state index contributed by atoms with van der Waals surface area (Å²) in [6, 6.07) is 8.18. The van der Waals surface area contributed by atoms with E-state index in [1.54, 1.807) is 0 Å². The van der Waals surface area contributed by atoms with Gasteiger partial charge < -0.3 is 10.6 Å². The fourth-order valence-electron chi connectivity index (χ4n) is 2.70. The van der Waals surface area contributed by atoms with Crippen molar-refractivity contribution in [2.24, 2.45) is 11.7 Å². The monoisotopic (exact) mass is 310 g/mol. The number of likely N-dealkylation sites (tertiary alicyclic amines) is 1. The van der Waals surface area contributed by atoms with Gasteiger partial charge in [0, 0.05) is 24.7 Å². The highest BCUT2D eigenvalue weighted by Crippen LogP contribution is 2.24. The van der Waals surface area contributed by atoms with Crippen LogP contribution < -0.4 is 5.73 Å². The quantitative estimate of drug-likeness (QED) is 0.911. The molecular formula is C17H27ClN2O. The van der Waals surface area contributed by atoms with Crippen molar-refractivity contribution in [1.82, 2.24) is 4.90 Å². The third-order valence-corrected chi connectivity index (χ3v) is 4.25. The number of benzene rings is 1. The third kappa shape index (κ3) is 4.21. The summed E-state index contributed by atoms with van der Waals surface area (Å²) in [7, 11) is 0. The minimum absolute atomic E-state index is 0. The van der Waals surface area contributed by atoms with E-state index in [-0.39, 0.29) is 29.8 Å². The largest absolute Gasteiger partial charge is 0.338 e. The van der Waals surface area contributed by atoms with Gasteiger partial charge in [-0.15, -0.1) is 12.4 Å². The fourth-order valence-corrected chi connectivity index (χ4v) is 2.70. The van der Waals surface area contributed by atoms with E-state index in [2.05, 4.69) is 32.9 Å². The number of nitrogens with two attached hydrogens (primary N) is 1. The molecule has 0 saturated carbocycles. The van der Waals surface area contributed by atoms with Crippen molar-refractivity contribution < 1.29 is 4.79 Å². The Hall–Kier alpha value is -1.06. The number of hydrogen-bond acceptors (Lipinski definition) is 2. The number of halogens is 1. The average Bonchev–Trinajstić information content (AvgIpc) is 2.86. The van der Waals surface area contributed by atoms with Crippen molar-refractivity contribution in [2.75, 3.05) is 13.1 Å². The highest BCUT2D eigenvalue weighted by Gasteiger charge is 2.29. The zero-order valence-electron chi connectivity index (χ0n) is 13.4. The SMILES string of the molecule is CC(N)C1CCN(C(=O)c2ccc(C(C)(C)C)cc2)C1.Cl. The molecule has 2 unspecified atom stereocenters. The van der Waals surface area contributed by atoms with Crippen LogP contribution in [0, 0.1) is 5.92 Å². The number of carbonyl (C=O) groups is 1. The number of carbonyl (C=O) groups excluding carboxylic acids is 1. The van der Waals surface area contributed by atoms with Crippen molar-refractivity contribution in [2.45, 2.75) is 45.6 Å². The topological polar surface area (TPSA) is 46.3 Å². The molecular weight excluding hydrogens is 284 g/mol. The second-order valence-electron chi connectivity index (χ2n) is 6.99. The van der Waals surface area contributed by atoms with Crippen LogP contribution in [0.5, 0.6) is 0 Å². The van der Waals surface area contributed by atoms with Crippen molar-refractivity contribution in [1.29, 1.82) is 0 Å². The maximum Gasteiger partial charge on any atom is 0.253 e. The van der Waals surface area contributed by atoms with E-state index in [1.165, 1.54) is 5.56 Å². The first kappa shape index (κ1) is 18.0. The minimum Gasteiger partial charge on any atom is -0.338 e. The fraction of sp³-hybridized carbons (Fsp3) is 0.588. The zero-order chi connectivity index (χ0) is 14.9. The van der Waals surface area contributed by atoms with Crippen LogP contribution in [-0.4, -0.2) is 29.9 Å². The molecule has 1 fully saturated rings. The smallest absolute Gasteiger partial charge is 0.253 e. The van der Waals surface area contributed by atoms with Crippen LogP contribution in [0.25, 0.3) is 0 Å². The Morgan fingerprint density at radius 1 is 1.29 bits per heavy atom. The van der Waals surface area contributed by atoms with Gasteiger partial charge in [0.05, 0.1) is 0 Å². The number of amides is 1.